The second-order valence-corrected chi connectivity index (χ2v) is 5.75. The normalized spacial score (nSPS) is 10.2. The van der Waals surface area contributed by atoms with E-state index in [1.54, 1.807) is 24.3 Å². The number of nitrogens with one attached hydrogen (secondary N) is 1. The van der Waals surface area contributed by atoms with Crippen molar-refractivity contribution in [2.45, 2.75) is 27.2 Å². The van der Waals surface area contributed by atoms with Gasteiger partial charge in [0.1, 0.15) is 5.75 Å². The Kier molecular flexibility index (Phi) is 6.57. The van der Waals surface area contributed by atoms with E-state index < -0.39 is 5.97 Å². The van der Waals surface area contributed by atoms with E-state index in [2.05, 4.69) is 5.32 Å². The first-order chi connectivity index (χ1) is 12.0. The largest absolute Gasteiger partial charge is 0.483 e. The molecule has 0 unspecified atom stereocenters. The molecule has 0 radical (unpaired) electrons. The lowest BCUT2D eigenvalue weighted by molar-refractivity contribution is -0.118. The third-order valence-electron chi connectivity index (χ3n) is 3.73. The van der Waals surface area contributed by atoms with Gasteiger partial charge in [-0.15, -0.1) is 0 Å². The molecule has 0 aromatic heterocycles. The van der Waals surface area contributed by atoms with Crippen LogP contribution in [0.1, 0.15) is 34.8 Å². The minimum Gasteiger partial charge on any atom is -0.483 e. The van der Waals surface area contributed by atoms with Crippen LogP contribution in [0.15, 0.2) is 42.5 Å². The fourth-order valence-corrected chi connectivity index (χ4v) is 2.22. The van der Waals surface area contributed by atoms with Gasteiger partial charge in [-0.1, -0.05) is 25.1 Å². The molecule has 0 atom stereocenters. The summed E-state index contributed by atoms with van der Waals surface area (Å²) in [7, 11) is 0. The zero-order valence-electron chi connectivity index (χ0n) is 14.8. The van der Waals surface area contributed by atoms with Crippen molar-refractivity contribution in [2.75, 3.05) is 18.5 Å². The molecule has 0 heterocycles. The molecule has 0 aliphatic rings. The maximum Gasteiger partial charge on any atom is 0.338 e. The highest BCUT2D eigenvalue weighted by molar-refractivity contribution is 5.95. The summed E-state index contributed by atoms with van der Waals surface area (Å²) < 4.78 is 10.7. The average Bonchev–Trinajstić information content (AvgIpc) is 2.61. The summed E-state index contributed by atoms with van der Waals surface area (Å²) >= 11 is 0. The lowest BCUT2D eigenvalue weighted by Gasteiger charge is -2.11. The third-order valence-corrected chi connectivity index (χ3v) is 3.73. The Hall–Kier alpha value is -2.82. The van der Waals surface area contributed by atoms with Crippen LogP contribution < -0.4 is 10.1 Å². The number of hydrogen-bond donors (Lipinski definition) is 1. The van der Waals surface area contributed by atoms with E-state index in [4.69, 9.17) is 9.47 Å². The molecule has 5 heteroatoms. The third kappa shape index (κ3) is 5.35. The van der Waals surface area contributed by atoms with Crippen molar-refractivity contribution in [1.29, 1.82) is 0 Å². The van der Waals surface area contributed by atoms with Gasteiger partial charge in [0, 0.05) is 5.69 Å². The van der Waals surface area contributed by atoms with Gasteiger partial charge in [0.25, 0.3) is 5.91 Å². The molecule has 5 nitrogen and oxygen atoms in total. The Bertz CT molecular complexity index is 755. The summed E-state index contributed by atoms with van der Waals surface area (Å²) in [5.74, 6) is -0.00314. The molecule has 0 spiro atoms. The Morgan fingerprint density at radius 2 is 1.84 bits per heavy atom. The lowest BCUT2D eigenvalue weighted by atomic mass is 10.1. The zero-order valence-corrected chi connectivity index (χ0v) is 14.8. The van der Waals surface area contributed by atoms with Gasteiger partial charge in [-0.05, 0) is 55.7 Å². The van der Waals surface area contributed by atoms with Crippen LogP contribution in [0.4, 0.5) is 5.69 Å². The Labute approximate surface area is 148 Å². The number of carbonyl (C=O) groups is 2. The molecule has 0 saturated heterocycles. The average molecular weight is 341 g/mol. The van der Waals surface area contributed by atoms with Gasteiger partial charge in [0.05, 0.1) is 12.2 Å². The van der Waals surface area contributed by atoms with E-state index in [-0.39, 0.29) is 12.5 Å². The van der Waals surface area contributed by atoms with E-state index in [0.717, 1.165) is 17.5 Å². The van der Waals surface area contributed by atoms with E-state index in [1.807, 2.05) is 39.0 Å². The molecule has 2 rings (SSSR count). The number of carbonyl (C=O) groups excluding carboxylic acids is 2. The van der Waals surface area contributed by atoms with Gasteiger partial charge in [-0.25, -0.2) is 4.79 Å². The van der Waals surface area contributed by atoms with Crippen molar-refractivity contribution in [2.24, 2.45) is 0 Å². The quantitative estimate of drug-likeness (QED) is 0.776. The number of benzene rings is 2. The number of esters is 1. The summed E-state index contributed by atoms with van der Waals surface area (Å²) in [6, 6.07) is 12.4. The monoisotopic (exact) mass is 341 g/mol. The van der Waals surface area contributed by atoms with Crippen LogP contribution in [0.25, 0.3) is 0 Å². The fourth-order valence-electron chi connectivity index (χ4n) is 2.22. The maximum absolute atomic E-state index is 12.1. The van der Waals surface area contributed by atoms with Crippen LogP contribution in [0.2, 0.25) is 0 Å². The minimum atomic E-state index is -0.399. The first-order valence-corrected chi connectivity index (χ1v) is 8.27. The van der Waals surface area contributed by atoms with E-state index in [9.17, 15) is 9.59 Å². The van der Waals surface area contributed by atoms with E-state index >= 15 is 0 Å². The predicted octanol–water partition coefficient (Wildman–Crippen LogP) is 3.89. The highest BCUT2D eigenvalue weighted by atomic mass is 16.5. The molecule has 0 saturated carbocycles. The van der Waals surface area contributed by atoms with Gasteiger partial charge in [-0.3, -0.25) is 4.79 Å². The predicted molar refractivity (Wildman–Crippen MR) is 97.1 cm³/mol. The molecule has 1 N–H and O–H groups in total. The molecule has 2 aromatic carbocycles. The van der Waals surface area contributed by atoms with Crippen LogP contribution in [0.3, 0.4) is 0 Å². The van der Waals surface area contributed by atoms with Crippen LogP contribution >= 0.6 is 0 Å². The molecule has 0 aliphatic heterocycles. The standard InChI is InChI=1S/C20H23NO4/c1-4-11-24-20(23)16-8-6-9-17(12-16)21-19(22)13-25-18-10-5-7-14(2)15(18)3/h5-10,12H,4,11,13H2,1-3H3,(H,21,22). The molecular formula is C20H23NO4. The number of amides is 1. The van der Waals surface area contributed by atoms with Crippen molar-refractivity contribution in [3.63, 3.8) is 0 Å². The van der Waals surface area contributed by atoms with Crippen LogP contribution in [-0.2, 0) is 9.53 Å². The summed E-state index contributed by atoms with van der Waals surface area (Å²) in [5.41, 5.74) is 3.05. The summed E-state index contributed by atoms with van der Waals surface area (Å²) in [6.07, 6.45) is 0.762. The first kappa shape index (κ1) is 18.5. The minimum absolute atomic E-state index is 0.102. The Morgan fingerprint density at radius 1 is 1.08 bits per heavy atom. The van der Waals surface area contributed by atoms with Crippen molar-refractivity contribution in [1.82, 2.24) is 0 Å². The molecule has 0 aliphatic carbocycles. The highest BCUT2D eigenvalue weighted by Gasteiger charge is 2.10. The van der Waals surface area contributed by atoms with Gasteiger partial charge in [0.2, 0.25) is 0 Å². The lowest BCUT2D eigenvalue weighted by Crippen LogP contribution is -2.20. The number of aryl methyl sites for hydroxylation is 1. The zero-order chi connectivity index (χ0) is 18.2. The molecule has 0 fully saturated rings. The van der Waals surface area contributed by atoms with Crippen LogP contribution in [-0.4, -0.2) is 25.1 Å². The molecular weight excluding hydrogens is 318 g/mol. The van der Waals surface area contributed by atoms with Crippen molar-refractivity contribution in [3.05, 3.63) is 59.2 Å². The molecule has 1 amide bonds. The van der Waals surface area contributed by atoms with Gasteiger partial charge < -0.3 is 14.8 Å². The fraction of sp³-hybridized carbons (Fsp3) is 0.300. The second-order valence-electron chi connectivity index (χ2n) is 5.75. The topological polar surface area (TPSA) is 64.6 Å². The van der Waals surface area contributed by atoms with Crippen LogP contribution in [0.5, 0.6) is 5.75 Å². The van der Waals surface area contributed by atoms with Gasteiger partial charge in [-0.2, -0.15) is 0 Å². The number of anilines is 1. The van der Waals surface area contributed by atoms with E-state index in [1.165, 1.54) is 0 Å². The highest BCUT2D eigenvalue weighted by Crippen LogP contribution is 2.20. The summed E-state index contributed by atoms with van der Waals surface area (Å²) in [5, 5.41) is 2.73. The maximum atomic E-state index is 12.1. The Balaban J connectivity index is 1.94. The number of ether oxygens (including phenoxy) is 2. The summed E-state index contributed by atoms with van der Waals surface area (Å²) in [4.78, 5) is 23.9. The van der Waals surface area contributed by atoms with Crippen molar-refractivity contribution in [3.8, 4) is 5.75 Å². The summed E-state index contributed by atoms with van der Waals surface area (Å²) in [6.45, 7) is 6.15. The van der Waals surface area contributed by atoms with E-state index in [0.29, 0.717) is 23.6 Å². The van der Waals surface area contributed by atoms with Gasteiger partial charge in [0.15, 0.2) is 6.61 Å². The molecule has 2 aromatic rings. The van der Waals surface area contributed by atoms with Crippen molar-refractivity contribution >= 4 is 17.6 Å². The van der Waals surface area contributed by atoms with Crippen molar-refractivity contribution < 1.29 is 19.1 Å². The number of hydrogen-bond acceptors (Lipinski definition) is 4. The number of rotatable bonds is 7. The Morgan fingerprint density at radius 3 is 2.60 bits per heavy atom. The van der Waals surface area contributed by atoms with Gasteiger partial charge >= 0.3 is 5.97 Å². The molecule has 0 bridgehead atoms. The van der Waals surface area contributed by atoms with Crippen LogP contribution in [0, 0.1) is 13.8 Å². The SMILES string of the molecule is CCCOC(=O)c1cccc(NC(=O)COc2cccc(C)c2C)c1. The molecule has 132 valence electrons. The first-order valence-electron chi connectivity index (χ1n) is 8.27. The second kappa shape index (κ2) is 8.87. The molecule has 25 heavy (non-hydrogen) atoms. The smallest absolute Gasteiger partial charge is 0.338 e.